The summed E-state index contributed by atoms with van der Waals surface area (Å²) in [5, 5.41) is 13.7. The number of rotatable bonds is 5. The van der Waals surface area contributed by atoms with E-state index in [1.807, 2.05) is 41.8 Å². The topological polar surface area (TPSA) is 98.8 Å². The average Bonchev–Trinajstić information content (AvgIpc) is 3.36. The summed E-state index contributed by atoms with van der Waals surface area (Å²) < 4.78 is 22.5. The van der Waals surface area contributed by atoms with Gasteiger partial charge >= 0.3 is 0 Å². The van der Waals surface area contributed by atoms with Gasteiger partial charge < -0.3 is 19.9 Å². The molecule has 1 amide bonds. The fourth-order valence-electron chi connectivity index (χ4n) is 5.35. The summed E-state index contributed by atoms with van der Waals surface area (Å²) in [5.74, 6) is 0.804. The standard InChI is InChI=1S/C28H28FN7O2/c1-17-19(14-30)4-3-5-21(17)18(2)32-26-22-12-25(23(29)13-24(22)36-7-6-31-28(36)33-26)34-8-10-35(11-9-34)27(37)20-15-38-16-20/h3-7,12-13,18,20H,8-11,15-16H2,1-2H3,(H,31,32,33). The first kappa shape index (κ1) is 24.1. The molecule has 0 spiro atoms. The van der Waals surface area contributed by atoms with E-state index < -0.39 is 0 Å². The Morgan fingerprint density at radius 2 is 2.03 bits per heavy atom. The molecule has 0 aliphatic carbocycles. The van der Waals surface area contributed by atoms with E-state index in [9.17, 15) is 10.1 Å². The molecule has 9 nitrogen and oxygen atoms in total. The Labute approximate surface area is 219 Å². The summed E-state index contributed by atoms with van der Waals surface area (Å²) in [6, 6.07) is 11.1. The zero-order chi connectivity index (χ0) is 26.4. The van der Waals surface area contributed by atoms with Gasteiger partial charge in [-0.15, -0.1) is 0 Å². The van der Waals surface area contributed by atoms with Crippen molar-refractivity contribution in [3.8, 4) is 6.07 Å². The number of carbonyl (C=O) groups is 1. The Hall–Kier alpha value is -4.23. The third-order valence-corrected chi connectivity index (χ3v) is 7.65. The van der Waals surface area contributed by atoms with Crippen molar-refractivity contribution in [3.05, 3.63) is 65.2 Å². The highest BCUT2D eigenvalue weighted by molar-refractivity contribution is 5.94. The molecular weight excluding hydrogens is 485 g/mol. The minimum atomic E-state index is -0.331. The molecule has 6 rings (SSSR count). The van der Waals surface area contributed by atoms with Gasteiger partial charge in [0.25, 0.3) is 0 Å². The van der Waals surface area contributed by atoms with Crippen LogP contribution in [0.2, 0.25) is 0 Å². The highest BCUT2D eigenvalue weighted by atomic mass is 19.1. The van der Waals surface area contributed by atoms with Gasteiger partial charge in [0.15, 0.2) is 0 Å². The molecular formula is C28H28FN7O2. The predicted molar refractivity (Wildman–Crippen MR) is 141 cm³/mol. The molecule has 194 valence electrons. The number of ether oxygens (including phenoxy) is 1. The SMILES string of the molecule is Cc1c(C#N)cccc1C(C)Nc1nc2nccn2c2cc(F)c(N3CCN(C(=O)C4COC4)CC3)cc12. The number of aromatic nitrogens is 3. The van der Waals surface area contributed by atoms with Crippen LogP contribution >= 0.6 is 0 Å². The number of amides is 1. The minimum Gasteiger partial charge on any atom is -0.380 e. The Kier molecular flexibility index (Phi) is 6.08. The third-order valence-electron chi connectivity index (χ3n) is 7.65. The second-order valence-electron chi connectivity index (χ2n) is 9.92. The molecule has 38 heavy (non-hydrogen) atoms. The van der Waals surface area contributed by atoms with E-state index in [1.165, 1.54) is 6.07 Å². The first-order valence-electron chi connectivity index (χ1n) is 12.8. The van der Waals surface area contributed by atoms with Crippen molar-refractivity contribution in [1.29, 1.82) is 5.26 Å². The lowest BCUT2D eigenvalue weighted by atomic mass is 9.98. The van der Waals surface area contributed by atoms with Crippen LogP contribution in [0.15, 0.2) is 42.7 Å². The van der Waals surface area contributed by atoms with E-state index in [4.69, 9.17) is 9.72 Å². The molecule has 2 aliphatic heterocycles. The fourth-order valence-corrected chi connectivity index (χ4v) is 5.35. The normalized spacial score (nSPS) is 16.9. The Morgan fingerprint density at radius 1 is 1.24 bits per heavy atom. The van der Waals surface area contributed by atoms with Crippen LogP contribution < -0.4 is 10.2 Å². The fraction of sp³-hybridized carbons (Fsp3) is 0.357. The lowest BCUT2D eigenvalue weighted by molar-refractivity contribution is -0.150. The number of halogens is 1. The summed E-state index contributed by atoms with van der Waals surface area (Å²) in [7, 11) is 0. The zero-order valence-electron chi connectivity index (χ0n) is 21.3. The average molecular weight is 514 g/mol. The molecule has 0 bridgehead atoms. The molecule has 1 unspecified atom stereocenters. The van der Waals surface area contributed by atoms with Crippen molar-refractivity contribution in [1.82, 2.24) is 19.3 Å². The maximum atomic E-state index is 15.5. The van der Waals surface area contributed by atoms with Crippen LogP contribution in [0.25, 0.3) is 16.7 Å². The minimum absolute atomic E-state index is 0.0456. The van der Waals surface area contributed by atoms with E-state index in [0.29, 0.717) is 67.8 Å². The van der Waals surface area contributed by atoms with Gasteiger partial charge in [-0.2, -0.15) is 10.2 Å². The van der Waals surface area contributed by atoms with E-state index in [0.717, 1.165) is 16.5 Å². The molecule has 2 saturated heterocycles. The summed E-state index contributed by atoms with van der Waals surface area (Å²) in [5.41, 5.74) is 3.67. The number of imidazole rings is 1. The number of benzene rings is 2. The van der Waals surface area contributed by atoms with E-state index in [-0.39, 0.29) is 23.7 Å². The number of hydrogen-bond acceptors (Lipinski definition) is 7. The van der Waals surface area contributed by atoms with Crippen LogP contribution in [-0.2, 0) is 9.53 Å². The Balaban J connectivity index is 1.34. The van der Waals surface area contributed by atoms with Gasteiger partial charge in [-0.05, 0) is 37.1 Å². The second kappa shape index (κ2) is 9.58. The number of fused-ring (bicyclic) bond motifs is 3. The first-order valence-corrected chi connectivity index (χ1v) is 12.8. The van der Waals surface area contributed by atoms with Crippen molar-refractivity contribution < 1.29 is 13.9 Å². The lowest BCUT2D eigenvalue weighted by Gasteiger charge is -2.39. The van der Waals surface area contributed by atoms with Gasteiger partial charge in [0.05, 0.1) is 48.0 Å². The van der Waals surface area contributed by atoms with Gasteiger partial charge in [-0.3, -0.25) is 9.20 Å². The molecule has 4 aromatic rings. The van der Waals surface area contributed by atoms with Crippen LogP contribution in [0.5, 0.6) is 0 Å². The van der Waals surface area contributed by atoms with Crippen molar-refractivity contribution in [2.24, 2.45) is 5.92 Å². The summed E-state index contributed by atoms with van der Waals surface area (Å²) >= 11 is 0. The van der Waals surface area contributed by atoms with Crippen LogP contribution in [-0.4, -0.2) is 64.6 Å². The van der Waals surface area contributed by atoms with Gasteiger partial charge in [-0.1, -0.05) is 12.1 Å². The van der Waals surface area contributed by atoms with Crippen molar-refractivity contribution in [2.45, 2.75) is 19.9 Å². The number of nitriles is 1. The quantitative estimate of drug-likeness (QED) is 0.435. The number of hydrogen-bond donors (Lipinski definition) is 1. The number of piperazine rings is 1. The summed E-state index contributed by atoms with van der Waals surface area (Å²) in [6.45, 7) is 7.10. The Bertz CT molecular complexity index is 1580. The monoisotopic (exact) mass is 513 g/mol. The van der Waals surface area contributed by atoms with Crippen LogP contribution in [0.4, 0.5) is 15.9 Å². The van der Waals surface area contributed by atoms with E-state index in [2.05, 4.69) is 16.4 Å². The summed E-state index contributed by atoms with van der Waals surface area (Å²) in [6.07, 6.45) is 3.41. The van der Waals surface area contributed by atoms with Crippen LogP contribution in [0.1, 0.15) is 29.7 Å². The number of nitrogens with one attached hydrogen (secondary N) is 1. The maximum absolute atomic E-state index is 15.5. The molecule has 2 aliphatic rings. The predicted octanol–water partition coefficient (Wildman–Crippen LogP) is 3.67. The molecule has 2 fully saturated rings. The van der Waals surface area contributed by atoms with Gasteiger partial charge in [-0.25, -0.2) is 9.37 Å². The molecule has 4 heterocycles. The summed E-state index contributed by atoms with van der Waals surface area (Å²) in [4.78, 5) is 25.5. The third kappa shape index (κ3) is 4.09. The smallest absolute Gasteiger partial charge is 0.236 e. The molecule has 2 aromatic heterocycles. The van der Waals surface area contributed by atoms with Crippen LogP contribution in [0, 0.1) is 30.0 Å². The zero-order valence-corrected chi connectivity index (χ0v) is 21.3. The van der Waals surface area contributed by atoms with Crippen molar-refractivity contribution >= 4 is 34.1 Å². The second-order valence-corrected chi connectivity index (χ2v) is 9.92. The highest BCUT2D eigenvalue weighted by Crippen LogP contribution is 2.33. The van der Waals surface area contributed by atoms with E-state index in [1.54, 1.807) is 22.9 Å². The molecule has 0 saturated carbocycles. The van der Waals surface area contributed by atoms with Crippen molar-refractivity contribution in [2.75, 3.05) is 49.6 Å². The van der Waals surface area contributed by atoms with Gasteiger partial charge in [0.1, 0.15) is 11.6 Å². The Morgan fingerprint density at radius 3 is 2.74 bits per heavy atom. The number of anilines is 2. The molecule has 1 N–H and O–H groups in total. The molecule has 2 aromatic carbocycles. The first-order chi connectivity index (χ1) is 18.4. The van der Waals surface area contributed by atoms with Crippen LogP contribution in [0.3, 0.4) is 0 Å². The lowest BCUT2D eigenvalue weighted by Crippen LogP contribution is -2.53. The molecule has 10 heteroatoms. The number of nitrogens with zero attached hydrogens (tertiary/aromatic N) is 6. The largest absolute Gasteiger partial charge is 0.380 e. The maximum Gasteiger partial charge on any atom is 0.236 e. The highest BCUT2D eigenvalue weighted by Gasteiger charge is 2.32. The van der Waals surface area contributed by atoms with Gasteiger partial charge in [0.2, 0.25) is 11.7 Å². The van der Waals surface area contributed by atoms with E-state index >= 15 is 4.39 Å². The molecule has 1 atom stereocenters. The molecule has 0 radical (unpaired) electrons. The number of carbonyl (C=O) groups excluding carboxylic acids is 1. The van der Waals surface area contributed by atoms with Crippen molar-refractivity contribution in [3.63, 3.8) is 0 Å². The van der Waals surface area contributed by atoms with Gasteiger partial charge in [0, 0.05) is 50.0 Å².